The molecule has 0 aliphatic heterocycles. The van der Waals surface area contributed by atoms with Crippen LogP contribution in [0.3, 0.4) is 0 Å². The molecule has 1 saturated carbocycles. The van der Waals surface area contributed by atoms with Gasteiger partial charge in [0.05, 0.1) is 5.41 Å². The van der Waals surface area contributed by atoms with Crippen LogP contribution in [-0.4, -0.2) is 18.0 Å². The predicted molar refractivity (Wildman–Crippen MR) is 57.9 cm³/mol. The van der Waals surface area contributed by atoms with Crippen molar-refractivity contribution in [2.45, 2.75) is 52.0 Å². The Bertz CT molecular complexity index is 212. The Hall–Kier alpha value is -0.570. The van der Waals surface area contributed by atoms with Crippen molar-refractivity contribution < 1.29 is 4.79 Å². The fourth-order valence-corrected chi connectivity index (χ4v) is 2.05. The molecule has 1 fully saturated rings. The quantitative estimate of drug-likeness (QED) is 0.705. The van der Waals surface area contributed by atoms with Crippen LogP contribution in [0.2, 0.25) is 0 Å². The predicted octanol–water partition coefficient (Wildman–Crippen LogP) is 1.42. The molecule has 82 valence electrons. The number of carbonyl (C=O) groups excluding carboxylic acids is 1. The summed E-state index contributed by atoms with van der Waals surface area (Å²) in [6.45, 7) is 6.49. The monoisotopic (exact) mass is 198 g/mol. The summed E-state index contributed by atoms with van der Waals surface area (Å²) in [4.78, 5) is 12.0. The van der Waals surface area contributed by atoms with Crippen LogP contribution in [0.5, 0.6) is 0 Å². The molecule has 0 aromatic carbocycles. The van der Waals surface area contributed by atoms with Crippen molar-refractivity contribution in [2.75, 3.05) is 6.54 Å². The minimum atomic E-state index is -0.271. The summed E-state index contributed by atoms with van der Waals surface area (Å²) in [5, 5.41) is 3.03. The fraction of sp³-hybridized carbons (Fsp3) is 0.909. The lowest BCUT2D eigenvalue weighted by molar-refractivity contribution is -0.131. The zero-order valence-electron chi connectivity index (χ0n) is 9.52. The van der Waals surface area contributed by atoms with Crippen molar-refractivity contribution in [1.82, 2.24) is 5.32 Å². The Kier molecular flexibility index (Phi) is 3.20. The highest BCUT2D eigenvalue weighted by Crippen LogP contribution is 2.37. The highest BCUT2D eigenvalue weighted by atomic mass is 16.2. The molecule has 0 heterocycles. The van der Waals surface area contributed by atoms with E-state index in [9.17, 15) is 4.79 Å². The van der Waals surface area contributed by atoms with Gasteiger partial charge in [0, 0.05) is 12.1 Å². The van der Waals surface area contributed by atoms with E-state index in [1.807, 2.05) is 20.8 Å². The van der Waals surface area contributed by atoms with E-state index in [4.69, 9.17) is 5.73 Å². The number of rotatable bonds is 2. The first-order valence-corrected chi connectivity index (χ1v) is 5.42. The van der Waals surface area contributed by atoms with E-state index in [1.165, 1.54) is 0 Å². The number of nitrogens with one attached hydrogen (secondary N) is 1. The summed E-state index contributed by atoms with van der Waals surface area (Å²) in [5.41, 5.74) is 5.31. The molecule has 0 radical (unpaired) electrons. The van der Waals surface area contributed by atoms with Crippen molar-refractivity contribution >= 4 is 5.91 Å². The molecule has 0 atom stereocenters. The maximum atomic E-state index is 12.0. The van der Waals surface area contributed by atoms with Gasteiger partial charge in [-0.2, -0.15) is 0 Å². The van der Waals surface area contributed by atoms with E-state index in [1.54, 1.807) is 0 Å². The summed E-state index contributed by atoms with van der Waals surface area (Å²) in [7, 11) is 0. The lowest BCUT2D eigenvalue weighted by Crippen LogP contribution is -2.50. The lowest BCUT2D eigenvalue weighted by Gasteiger charge is -2.31. The molecule has 3 N–H and O–H groups in total. The zero-order chi connectivity index (χ0) is 10.8. The molecule has 1 rings (SSSR count). The van der Waals surface area contributed by atoms with Crippen molar-refractivity contribution in [3.8, 4) is 0 Å². The van der Waals surface area contributed by atoms with E-state index in [0.29, 0.717) is 6.54 Å². The molecule has 1 amide bonds. The van der Waals surface area contributed by atoms with E-state index in [2.05, 4.69) is 5.32 Å². The van der Waals surface area contributed by atoms with Gasteiger partial charge in [0.15, 0.2) is 0 Å². The second kappa shape index (κ2) is 3.89. The summed E-state index contributed by atoms with van der Waals surface area (Å²) in [5.74, 6) is 0.144. The first kappa shape index (κ1) is 11.5. The standard InChI is InChI=1S/C11H22N2O/c1-10(2,3)13-9(14)11(8-12)6-4-5-7-11/h4-8,12H2,1-3H3,(H,13,14). The van der Waals surface area contributed by atoms with Crippen molar-refractivity contribution in [3.63, 3.8) is 0 Å². The van der Waals surface area contributed by atoms with Crippen LogP contribution in [0.25, 0.3) is 0 Å². The van der Waals surface area contributed by atoms with E-state index >= 15 is 0 Å². The van der Waals surface area contributed by atoms with E-state index < -0.39 is 0 Å². The summed E-state index contributed by atoms with van der Waals surface area (Å²) < 4.78 is 0. The smallest absolute Gasteiger partial charge is 0.227 e. The molecule has 0 unspecified atom stereocenters. The molecule has 14 heavy (non-hydrogen) atoms. The van der Waals surface area contributed by atoms with Crippen molar-refractivity contribution in [3.05, 3.63) is 0 Å². The van der Waals surface area contributed by atoms with Gasteiger partial charge in [-0.05, 0) is 33.6 Å². The van der Waals surface area contributed by atoms with Crippen molar-refractivity contribution in [2.24, 2.45) is 11.1 Å². The van der Waals surface area contributed by atoms with Gasteiger partial charge < -0.3 is 11.1 Å². The molecule has 0 aromatic rings. The van der Waals surface area contributed by atoms with Gasteiger partial charge in [-0.1, -0.05) is 12.8 Å². The summed E-state index contributed by atoms with van der Waals surface area (Å²) >= 11 is 0. The highest BCUT2D eigenvalue weighted by Gasteiger charge is 2.40. The number of hydrogen-bond donors (Lipinski definition) is 2. The largest absolute Gasteiger partial charge is 0.351 e. The third kappa shape index (κ3) is 2.47. The minimum Gasteiger partial charge on any atom is -0.351 e. The van der Waals surface area contributed by atoms with Gasteiger partial charge in [-0.3, -0.25) is 4.79 Å². The zero-order valence-corrected chi connectivity index (χ0v) is 9.52. The first-order valence-electron chi connectivity index (χ1n) is 5.42. The van der Waals surface area contributed by atoms with Crippen LogP contribution in [0.1, 0.15) is 46.5 Å². The third-order valence-corrected chi connectivity index (χ3v) is 2.92. The third-order valence-electron chi connectivity index (χ3n) is 2.92. The topological polar surface area (TPSA) is 55.1 Å². The van der Waals surface area contributed by atoms with Gasteiger partial charge in [0.2, 0.25) is 5.91 Å². The summed E-state index contributed by atoms with van der Waals surface area (Å²) in [6, 6.07) is 0. The van der Waals surface area contributed by atoms with Crippen LogP contribution >= 0.6 is 0 Å². The molecule has 3 nitrogen and oxygen atoms in total. The molecule has 0 bridgehead atoms. The first-order chi connectivity index (χ1) is 6.40. The molecule has 1 aliphatic carbocycles. The molecule has 0 aromatic heterocycles. The lowest BCUT2D eigenvalue weighted by atomic mass is 9.84. The minimum absolute atomic E-state index is 0.144. The van der Waals surface area contributed by atoms with Gasteiger partial charge in [0.25, 0.3) is 0 Å². The molecule has 0 spiro atoms. The van der Waals surface area contributed by atoms with Crippen LogP contribution in [0.4, 0.5) is 0 Å². The maximum Gasteiger partial charge on any atom is 0.227 e. The Morgan fingerprint density at radius 2 is 1.86 bits per heavy atom. The average molecular weight is 198 g/mol. The van der Waals surface area contributed by atoms with Gasteiger partial charge in [0.1, 0.15) is 0 Å². The molecule has 0 saturated heterocycles. The average Bonchev–Trinajstić information content (AvgIpc) is 2.49. The fourth-order valence-electron chi connectivity index (χ4n) is 2.05. The SMILES string of the molecule is CC(C)(C)NC(=O)C1(CN)CCCC1. The van der Waals surface area contributed by atoms with Crippen LogP contribution in [0, 0.1) is 5.41 Å². The second-order valence-corrected chi connectivity index (χ2v) is 5.40. The second-order valence-electron chi connectivity index (χ2n) is 5.40. The van der Waals surface area contributed by atoms with E-state index in [-0.39, 0.29) is 16.9 Å². The van der Waals surface area contributed by atoms with Crippen LogP contribution < -0.4 is 11.1 Å². The Morgan fingerprint density at radius 1 is 1.36 bits per heavy atom. The normalized spacial score (nSPS) is 20.9. The van der Waals surface area contributed by atoms with Crippen LogP contribution in [-0.2, 0) is 4.79 Å². The molecule has 3 heteroatoms. The Morgan fingerprint density at radius 3 is 2.21 bits per heavy atom. The Balaban J connectivity index is 2.66. The highest BCUT2D eigenvalue weighted by molar-refractivity contribution is 5.83. The van der Waals surface area contributed by atoms with Gasteiger partial charge >= 0.3 is 0 Å². The van der Waals surface area contributed by atoms with E-state index in [0.717, 1.165) is 25.7 Å². The maximum absolute atomic E-state index is 12.0. The summed E-state index contributed by atoms with van der Waals surface area (Å²) in [6.07, 6.45) is 4.17. The number of nitrogens with two attached hydrogens (primary N) is 1. The van der Waals surface area contributed by atoms with Gasteiger partial charge in [-0.25, -0.2) is 0 Å². The van der Waals surface area contributed by atoms with Crippen molar-refractivity contribution in [1.29, 1.82) is 0 Å². The molecule has 1 aliphatic rings. The molecular formula is C11H22N2O. The van der Waals surface area contributed by atoms with Crippen LogP contribution in [0.15, 0.2) is 0 Å². The number of amides is 1. The molecular weight excluding hydrogens is 176 g/mol. The van der Waals surface area contributed by atoms with Gasteiger partial charge in [-0.15, -0.1) is 0 Å². The number of hydrogen-bond acceptors (Lipinski definition) is 2. The number of carbonyl (C=O) groups is 1. The Labute approximate surface area is 86.4 Å².